The number of aliphatic hydroxyl groups is 1. The van der Waals surface area contributed by atoms with Crippen LogP contribution in [0.1, 0.15) is 32.6 Å². The van der Waals surface area contributed by atoms with Gasteiger partial charge in [0.1, 0.15) is 17.4 Å². The van der Waals surface area contributed by atoms with Crippen LogP contribution in [0, 0.1) is 11.8 Å². The summed E-state index contributed by atoms with van der Waals surface area (Å²) in [6.07, 6.45) is 1.83. The standard InChI is InChI=1S/C24H32BrN3O6/c1-3-10-26-21(30)17-18-23(32)28(11-4-5-12-29)20(24(18)13-16(25)19(17)34-24)22(31)27-14-6-8-15(33-2)9-7-14/h6-9,16-20,29H,3-5,10-13H2,1-2H3,(H,26,30)(H,27,31)/t16?,17-,18-,19-,20?,24?/m0/s1. The fraction of sp³-hybridized carbons (Fsp3) is 0.625. The van der Waals surface area contributed by atoms with E-state index in [0.29, 0.717) is 43.8 Å². The van der Waals surface area contributed by atoms with Crippen molar-refractivity contribution < 1.29 is 29.0 Å². The van der Waals surface area contributed by atoms with Crippen molar-refractivity contribution in [1.82, 2.24) is 10.2 Å². The predicted molar refractivity (Wildman–Crippen MR) is 129 cm³/mol. The average Bonchev–Trinajstić information content (AvgIpc) is 3.41. The minimum atomic E-state index is -1.08. The molecule has 0 radical (unpaired) electrons. The highest BCUT2D eigenvalue weighted by molar-refractivity contribution is 9.09. The molecule has 186 valence electrons. The van der Waals surface area contributed by atoms with Crippen LogP contribution in [0.15, 0.2) is 24.3 Å². The number of carbonyl (C=O) groups excluding carboxylic acids is 3. The summed E-state index contributed by atoms with van der Waals surface area (Å²) in [6.45, 7) is 2.80. The normalized spacial score (nSPS) is 31.5. The third-order valence-electron chi connectivity index (χ3n) is 7.05. The molecular weight excluding hydrogens is 506 g/mol. The van der Waals surface area contributed by atoms with Crippen LogP contribution in [-0.2, 0) is 19.1 Å². The number of unbranched alkanes of at least 4 members (excludes halogenated alkanes) is 1. The number of fused-ring (bicyclic) bond motifs is 1. The summed E-state index contributed by atoms with van der Waals surface area (Å²) >= 11 is 3.65. The Morgan fingerprint density at radius 2 is 2.00 bits per heavy atom. The van der Waals surface area contributed by atoms with Crippen molar-refractivity contribution in [3.8, 4) is 5.75 Å². The van der Waals surface area contributed by atoms with Crippen molar-refractivity contribution >= 4 is 39.3 Å². The number of ether oxygens (including phenoxy) is 2. The molecule has 1 aromatic rings. The topological polar surface area (TPSA) is 117 Å². The molecule has 3 saturated heterocycles. The van der Waals surface area contributed by atoms with Crippen molar-refractivity contribution in [3.63, 3.8) is 0 Å². The Morgan fingerprint density at radius 3 is 2.65 bits per heavy atom. The Hall–Kier alpha value is -2.17. The van der Waals surface area contributed by atoms with E-state index in [-0.39, 0.29) is 29.2 Å². The smallest absolute Gasteiger partial charge is 0.250 e. The molecule has 34 heavy (non-hydrogen) atoms. The molecule has 0 saturated carbocycles. The highest BCUT2D eigenvalue weighted by Gasteiger charge is 2.76. The van der Waals surface area contributed by atoms with Gasteiger partial charge in [0.05, 0.1) is 25.0 Å². The molecule has 3 amide bonds. The Labute approximate surface area is 207 Å². The number of anilines is 1. The van der Waals surface area contributed by atoms with Gasteiger partial charge in [-0.15, -0.1) is 0 Å². The monoisotopic (exact) mass is 537 g/mol. The number of carbonyl (C=O) groups is 3. The molecule has 3 fully saturated rings. The lowest BCUT2D eigenvalue weighted by Gasteiger charge is -2.34. The lowest BCUT2D eigenvalue weighted by molar-refractivity contribution is -0.140. The molecule has 4 rings (SSSR count). The molecular formula is C24H32BrN3O6. The predicted octanol–water partition coefficient (Wildman–Crippen LogP) is 1.68. The average molecular weight is 538 g/mol. The molecule has 0 aromatic heterocycles. The lowest BCUT2D eigenvalue weighted by Crippen LogP contribution is -2.54. The van der Waals surface area contributed by atoms with Gasteiger partial charge in [-0.2, -0.15) is 0 Å². The van der Waals surface area contributed by atoms with Crippen LogP contribution in [0.4, 0.5) is 5.69 Å². The highest BCUT2D eigenvalue weighted by atomic mass is 79.9. The number of hydrogen-bond donors (Lipinski definition) is 3. The second-order valence-electron chi connectivity index (χ2n) is 9.13. The van der Waals surface area contributed by atoms with Crippen molar-refractivity contribution in [2.75, 3.05) is 32.1 Å². The van der Waals surface area contributed by atoms with E-state index in [2.05, 4.69) is 26.6 Å². The number of aliphatic hydroxyl groups excluding tert-OH is 1. The summed E-state index contributed by atoms with van der Waals surface area (Å²) in [5.74, 6) is -1.49. The maximum absolute atomic E-state index is 13.7. The Morgan fingerprint density at radius 1 is 1.26 bits per heavy atom. The maximum atomic E-state index is 13.7. The maximum Gasteiger partial charge on any atom is 0.250 e. The number of methoxy groups -OCH3 is 1. The molecule has 3 unspecified atom stereocenters. The summed E-state index contributed by atoms with van der Waals surface area (Å²) in [4.78, 5) is 41.9. The summed E-state index contributed by atoms with van der Waals surface area (Å²) in [5, 5.41) is 15.1. The third kappa shape index (κ3) is 4.20. The summed E-state index contributed by atoms with van der Waals surface area (Å²) in [6, 6.07) is 6.09. The van der Waals surface area contributed by atoms with E-state index in [1.165, 1.54) is 0 Å². The first-order valence-corrected chi connectivity index (χ1v) is 12.7. The van der Waals surface area contributed by atoms with Crippen LogP contribution in [0.2, 0.25) is 0 Å². The van der Waals surface area contributed by atoms with E-state index >= 15 is 0 Å². The third-order valence-corrected chi connectivity index (χ3v) is 7.90. The van der Waals surface area contributed by atoms with Crippen molar-refractivity contribution in [3.05, 3.63) is 24.3 Å². The quantitative estimate of drug-likeness (QED) is 0.308. The Kier molecular flexibility index (Phi) is 7.49. The minimum Gasteiger partial charge on any atom is -0.497 e. The fourth-order valence-corrected chi connectivity index (χ4v) is 6.56. The van der Waals surface area contributed by atoms with Crippen LogP contribution in [0.5, 0.6) is 5.75 Å². The largest absolute Gasteiger partial charge is 0.497 e. The molecule has 1 aromatic carbocycles. The van der Waals surface area contributed by atoms with Crippen LogP contribution in [0.25, 0.3) is 0 Å². The molecule has 0 aliphatic carbocycles. The molecule has 6 atom stereocenters. The highest BCUT2D eigenvalue weighted by Crippen LogP contribution is 2.60. The van der Waals surface area contributed by atoms with E-state index in [1.807, 2.05) is 6.92 Å². The number of likely N-dealkylation sites (tertiary alicyclic amines) is 1. The lowest BCUT2D eigenvalue weighted by atomic mass is 9.70. The molecule has 1 spiro atoms. The van der Waals surface area contributed by atoms with Gasteiger partial charge in [-0.1, -0.05) is 22.9 Å². The molecule has 3 N–H and O–H groups in total. The number of rotatable bonds is 10. The van der Waals surface area contributed by atoms with Crippen molar-refractivity contribution in [2.24, 2.45) is 11.8 Å². The first-order chi connectivity index (χ1) is 16.4. The van der Waals surface area contributed by atoms with Gasteiger partial charge in [-0.25, -0.2) is 0 Å². The number of alkyl halides is 1. The number of hydrogen-bond acceptors (Lipinski definition) is 6. The Balaban J connectivity index is 1.65. The number of halogens is 1. The molecule has 10 heteroatoms. The van der Waals surface area contributed by atoms with Crippen LogP contribution in [-0.4, -0.2) is 77.1 Å². The van der Waals surface area contributed by atoms with Gasteiger partial charge in [0.15, 0.2) is 0 Å². The van der Waals surface area contributed by atoms with Gasteiger partial charge >= 0.3 is 0 Å². The second kappa shape index (κ2) is 10.2. The van der Waals surface area contributed by atoms with Crippen molar-refractivity contribution in [2.45, 2.75) is 55.2 Å². The number of nitrogens with one attached hydrogen (secondary N) is 2. The van der Waals surface area contributed by atoms with Crippen LogP contribution >= 0.6 is 15.9 Å². The van der Waals surface area contributed by atoms with Gasteiger partial charge in [0, 0.05) is 30.2 Å². The van der Waals surface area contributed by atoms with E-state index < -0.39 is 29.6 Å². The van der Waals surface area contributed by atoms with Gasteiger partial charge < -0.3 is 30.1 Å². The summed E-state index contributed by atoms with van der Waals surface area (Å²) < 4.78 is 11.6. The van der Waals surface area contributed by atoms with Gasteiger partial charge in [-0.3, -0.25) is 14.4 Å². The zero-order valence-electron chi connectivity index (χ0n) is 19.5. The van der Waals surface area contributed by atoms with Crippen LogP contribution < -0.4 is 15.4 Å². The zero-order chi connectivity index (χ0) is 24.5. The molecule has 9 nitrogen and oxygen atoms in total. The number of nitrogens with zero attached hydrogens (tertiary/aromatic N) is 1. The fourth-order valence-electron chi connectivity index (χ4n) is 5.62. The summed E-state index contributed by atoms with van der Waals surface area (Å²) in [5.41, 5.74) is -0.506. The summed E-state index contributed by atoms with van der Waals surface area (Å²) in [7, 11) is 1.57. The van der Waals surface area contributed by atoms with Gasteiger partial charge in [0.2, 0.25) is 17.7 Å². The molecule has 3 heterocycles. The second-order valence-corrected chi connectivity index (χ2v) is 10.3. The first-order valence-electron chi connectivity index (χ1n) is 11.8. The Bertz CT molecular complexity index is 928. The SMILES string of the molecule is CCCNC(=O)[C@H]1[C@H]2C(=O)N(CCCCO)C(C(=O)Nc3ccc(OC)cc3)C23CC(Br)[C@@H]1O3. The van der Waals surface area contributed by atoms with Crippen LogP contribution in [0.3, 0.4) is 0 Å². The zero-order valence-corrected chi connectivity index (χ0v) is 21.0. The molecule has 2 bridgehead atoms. The van der Waals surface area contributed by atoms with Crippen molar-refractivity contribution in [1.29, 1.82) is 0 Å². The number of benzene rings is 1. The van der Waals surface area contributed by atoms with E-state index in [9.17, 15) is 19.5 Å². The molecule has 3 aliphatic rings. The minimum absolute atomic E-state index is 0.00338. The van der Waals surface area contributed by atoms with Gasteiger partial charge in [0.25, 0.3) is 0 Å². The van der Waals surface area contributed by atoms with E-state index in [4.69, 9.17) is 9.47 Å². The molecule has 3 aliphatic heterocycles. The van der Waals surface area contributed by atoms with E-state index in [1.54, 1.807) is 36.3 Å². The van der Waals surface area contributed by atoms with E-state index in [0.717, 1.165) is 6.42 Å². The first kappa shape index (κ1) is 24.9. The number of amides is 3. The van der Waals surface area contributed by atoms with Gasteiger partial charge in [-0.05, 0) is 49.9 Å².